The lowest BCUT2D eigenvalue weighted by atomic mass is 10.0. The first-order valence-electron chi connectivity index (χ1n) is 24.5. The van der Waals surface area contributed by atoms with Crippen LogP contribution in [-0.4, -0.2) is 49.9 Å². The van der Waals surface area contributed by atoms with Crippen molar-refractivity contribution in [2.45, 2.75) is 238 Å². The van der Waals surface area contributed by atoms with Crippen LogP contribution in [0.4, 0.5) is 0 Å². The molecule has 0 aromatic carbocycles. The first kappa shape index (κ1) is 56.7. The van der Waals surface area contributed by atoms with E-state index in [-0.39, 0.29) is 32.3 Å². The smallest absolute Gasteiger partial charge is 0.457 e. The summed E-state index contributed by atoms with van der Waals surface area (Å²) >= 11 is 0. The lowest BCUT2D eigenvalue weighted by Gasteiger charge is -2.20. The van der Waals surface area contributed by atoms with Crippen molar-refractivity contribution < 1.29 is 32.8 Å². The minimum absolute atomic E-state index is 0.0965. The first-order chi connectivity index (χ1) is 28.4. The Kier molecular flexibility index (Phi) is 45.7. The van der Waals surface area contributed by atoms with Gasteiger partial charge in [-0.1, -0.05) is 211 Å². The fraction of sp³-hybridized carbons (Fsp3) is 0.857. The van der Waals surface area contributed by atoms with Crippen LogP contribution in [0.25, 0.3) is 0 Å². The van der Waals surface area contributed by atoms with Crippen molar-refractivity contribution in [3.8, 4) is 0 Å². The quantitative estimate of drug-likeness (QED) is 0.0269. The Bertz CT molecular complexity index is 988. The van der Waals surface area contributed by atoms with Crippen molar-refractivity contribution in [3.63, 3.8) is 0 Å². The number of ether oxygens (including phenoxy) is 2. The first-order valence-corrected chi connectivity index (χ1v) is 26.0. The molecule has 0 bridgehead atoms. The van der Waals surface area contributed by atoms with E-state index in [1.807, 2.05) is 0 Å². The summed E-state index contributed by atoms with van der Waals surface area (Å²) in [4.78, 5) is 22.5. The molecule has 2 atom stereocenters. The van der Waals surface area contributed by atoms with Crippen molar-refractivity contribution in [1.29, 1.82) is 0 Å². The molecule has 342 valence electrons. The number of allylic oxidation sites excluding steroid dienone is 6. The van der Waals surface area contributed by atoms with Gasteiger partial charge in [0.15, 0.2) is 0 Å². The number of hydrogen-bond acceptors (Lipinski definition) is 7. The van der Waals surface area contributed by atoms with E-state index in [9.17, 15) is 14.3 Å². The molecule has 9 heteroatoms. The van der Waals surface area contributed by atoms with Crippen molar-refractivity contribution in [3.05, 3.63) is 36.5 Å². The van der Waals surface area contributed by atoms with Gasteiger partial charge in [-0.25, -0.2) is 4.57 Å². The molecule has 0 saturated heterocycles. The van der Waals surface area contributed by atoms with Crippen molar-refractivity contribution in [2.75, 3.05) is 33.0 Å². The molecule has 0 saturated carbocycles. The number of hydrogen-bond donors (Lipinski definition) is 2. The molecule has 0 radical (unpaired) electrons. The molecule has 0 amide bonds. The highest BCUT2D eigenvalue weighted by Gasteiger charge is 2.25. The van der Waals surface area contributed by atoms with Gasteiger partial charge in [-0.2, -0.15) is 0 Å². The zero-order chi connectivity index (χ0) is 42.3. The minimum atomic E-state index is -4.28. The SMILES string of the molecule is CCCCCCC/C=C\C/C=C\C/C=C\CCCCCCCCCOCC(COP(=O)(O)OCCN)OC(=O)CCCCCCCCCCCCCCCCCCC. The maximum Gasteiger partial charge on any atom is 0.472 e. The number of carbonyl (C=O) groups is 1. The molecule has 8 nitrogen and oxygen atoms in total. The van der Waals surface area contributed by atoms with Crippen molar-refractivity contribution >= 4 is 13.8 Å². The third-order valence-electron chi connectivity index (χ3n) is 10.6. The van der Waals surface area contributed by atoms with Crippen LogP contribution in [0, 0.1) is 0 Å². The van der Waals surface area contributed by atoms with Crippen LogP contribution in [0.15, 0.2) is 36.5 Å². The van der Waals surface area contributed by atoms with E-state index in [2.05, 4.69) is 50.3 Å². The van der Waals surface area contributed by atoms with Gasteiger partial charge >= 0.3 is 13.8 Å². The van der Waals surface area contributed by atoms with Crippen LogP contribution in [-0.2, 0) is 27.9 Å². The van der Waals surface area contributed by atoms with Crippen molar-refractivity contribution in [2.24, 2.45) is 5.73 Å². The summed E-state index contributed by atoms with van der Waals surface area (Å²) in [6, 6.07) is 0. The molecule has 0 fully saturated rings. The summed E-state index contributed by atoms with van der Waals surface area (Å²) in [7, 11) is -4.28. The number of rotatable bonds is 47. The Morgan fingerprint density at radius 3 is 1.36 bits per heavy atom. The van der Waals surface area contributed by atoms with Gasteiger partial charge in [0.2, 0.25) is 0 Å². The Morgan fingerprint density at radius 2 is 0.914 bits per heavy atom. The minimum Gasteiger partial charge on any atom is -0.457 e. The van der Waals surface area contributed by atoms with E-state index in [1.165, 1.54) is 161 Å². The zero-order valence-electron chi connectivity index (χ0n) is 38.0. The highest BCUT2D eigenvalue weighted by atomic mass is 31.2. The molecular weight excluding hydrogens is 746 g/mol. The second-order valence-corrected chi connectivity index (χ2v) is 17.8. The Balaban J connectivity index is 3.97. The second-order valence-electron chi connectivity index (χ2n) is 16.3. The summed E-state index contributed by atoms with van der Waals surface area (Å²) in [6.07, 6.45) is 54.5. The van der Waals surface area contributed by atoms with Crippen LogP contribution in [0.5, 0.6) is 0 Å². The normalized spacial score (nSPS) is 13.7. The third kappa shape index (κ3) is 45.8. The van der Waals surface area contributed by atoms with Gasteiger partial charge in [0.05, 0.1) is 19.8 Å². The van der Waals surface area contributed by atoms with Crippen LogP contribution in [0.2, 0.25) is 0 Å². The number of carbonyl (C=O) groups excluding carboxylic acids is 1. The Labute approximate surface area is 358 Å². The summed E-state index contributed by atoms with van der Waals surface area (Å²) in [5, 5.41) is 0. The second kappa shape index (κ2) is 46.8. The average Bonchev–Trinajstić information content (AvgIpc) is 3.21. The van der Waals surface area contributed by atoms with E-state index >= 15 is 0 Å². The molecule has 0 aliphatic carbocycles. The number of phosphoric ester groups is 1. The predicted octanol–water partition coefficient (Wildman–Crippen LogP) is 15.0. The van der Waals surface area contributed by atoms with Crippen LogP contribution < -0.4 is 5.73 Å². The zero-order valence-corrected chi connectivity index (χ0v) is 38.9. The molecule has 0 spiro atoms. The fourth-order valence-corrected chi connectivity index (χ4v) is 7.71. The topological polar surface area (TPSA) is 117 Å². The highest BCUT2D eigenvalue weighted by Crippen LogP contribution is 2.43. The predicted molar refractivity (Wildman–Crippen MR) is 247 cm³/mol. The third-order valence-corrected chi connectivity index (χ3v) is 11.5. The largest absolute Gasteiger partial charge is 0.472 e. The monoisotopic (exact) mass is 840 g/mol. The van der Waals surface area contributed by atoms with Gasteiger partial charge in [-0.3, -0.25) is 13.8 Å². The highest BCUT2D eigenvalue weighted by molar-refractivity contribution is 7.47. The number of esters is 1. The van der Waals surface area contributed by atoms with Gasteiger partial charge in [0, 0.05) is 19.6 Å². The molecule has 58 heavy (non-hydrogen) atoms. The standard InChI is InChI=1S/C49H94NO7P/c1-3-5-7-9-11-13-15-17-19-21-22-23-24-25-27-29-31-33-35-37-39-41-44-54-46-48(47-56-58(52,53)55-45-43-50)57-49(51)42-40-38-36-34-32-30-28-26-20-18-16-14-12-10-8-6-4-2/h15,17,21-22,24-25,48H,3-14,16,18-20,23,26-47,50H2,1-2H3,(H,52,53)/b17-15-,22-21-,25-24-. The summed E-state index contributed by atoms with van der Waals surface area (Å²) < 4.78 is 33.5. The number of unbranched alkanes of at least 4 members (excludes halogenated alkanes) is 28. The van der Waals surface area contributed by atoms with Gasteiger partial charge in [0.25, 0.3) is 0 Å². The molecule has 0 rings (SSSR count). The van der Waals surface area contributed by atoms with E-state index in [0.717, 1.165) is 51.4 Å². The lowest BCUT2D eigenvalue weighted by molar-refractivity contribution is -0.154. The summed E-state index contributed by atoms with van der Waals surface area (Å²) in [6.45, 7) is 4.92. The van der Waals surface area contributed by atoms with Gasteiger partial charge in [-0.15, -0.1) is 0 Å². The maximum absolute atomic E-state index is 12.6. The van der Waals surface area contributed by atoms with Gasteiger partial charge < -0.3 is 20.1 Å². The van der Waals surface area contributed by atoms with Crippen LogP contribution >= 0.6 is 7.82 Å². The molecule has 2 unspecified atom stereocenters. The Morgan fingerprint density at radius 1 is 0.517 bits per heavy atom. The Hall–Kier alpha value is -1.28. The van der Waals surface area contributed by atoms with Crippen LogP contribution in [0.1, 0.15) is 232 Å². The molecule has 3 N–H and O–H groups in total. The maximum atomic E-state index is 12.6. The van der Waals surface area contributed by atoms with E-state index in [0.29, 0.717) is 13.0 Å². The molecule has 0 heterocycles. The number of phosphoric acid groups is 1. The molecule has 0 aliphatic rings. The lowest BCUT2D eigenvalue weighted by Crippen LogP contribution is -2.28. The van der Waals surface area contributed by atoms with Gasteiger partial charge in [0.1, 0.15) is 6.10 Å². The molecule has 0 aromatic rings. The summed E-state index contributed by atoms with van der Waals surface area (Å²) in [5.41, 5.74) is 5.38. The molecule has 0 aromatic heterocycles. The van der Waals surface area contributed by atoms with E-state index in [4.69, 9.17) is 24.3 Å². The summed E-state index contributed by atoms with van der Waals surface area (Å²) in [5.74, 6) is -0.330. The average molecular weight is 840 g/mol. The van der Waals surface area contributed by atoms with E-state index in [1.54, 1.807) is 0 Å². The fourth-order valence-electron chi connectivity index (χ4n) is 6.95. The van der Waals surface area contributed by atoms with E-state index < -0.39 is 13.9 Å². The van der Waals surface area contributed by atoms with Crippen LogP contribution in [0.3, 0.4) is 0 Å². The van der Waals surface area contributed by atoms with Gasteiger partial charge in [-0.05, 0) is 51.4 Å². The molecular formula is C49H94NO7P. The molecule has 0 aliphatic heterocycles. The number of nitrogens with two attached hydrogens (primary N) is 1. The van der Waals surface area contributed by atoms with Crippen molar-refractivity contribution in [1.82, 2.24) is 0 Å².